The average Bonchev–Trinajstić information content (AvgIpc) is 2.01. The van der Waals surface area contributed by atoms with Gasteiger partial charge in [-0.15, -0.1) is 0 Å². The lowest BCUT2D eigenvalue weighted by molar-refractivity contribution is -0.125. The van der Waals surface area contributed by atoms with Crippen LogP contribution >= 0.6 is 0 Å². The Labute approximate surface area is 75.5 Å². The molecule has 2 amide bonds. The van der Waals surface area contributed by atoms with Crippen LogP contribution in [0.2, 0.25) is 6.04 Å². The Morgan fingerprint density at radius 1 is 1.33 bits per heavy atom. The summed E-state index contributed by atoms with van der Waals surface area (Å²) in [4.78, 5) is 21.3. The minimum atomic E-state index is -0.173. The normalized spacial score (nSPS) is 9.42. The molecule has 4 nitrogen and oxygen atoms in total. The average molecular weight is 188 g/mol. The van der Waals surface area contributed by atoms with E-state index in [0.717, 1.165) is 13.0 Å². The fourth-order valence-electron chi connectivity index (χ4n) is 0.672. The molecule has 0 spiro atoms. The zero-order chi connectivity index (χ0) is 9.40. The van der Waals surface area contributed by atoms with Crippen molar-refractivity contribution >= 4 is 22.1 Å². The van der Waals surface area contributed by atoms with Gasteiger partial charge in [0.1, 0.15) is 0 Å². The van der Waals surface area contributed by atoms with Crippen LogP contribution in [0.25, 0.3) is 0 Å². The lowest BCUT2D eigenvalue weighted by Gasteiger charge is -2.03. The van der Waals surface area contributed by atoms with Gasteiger partial charge in [-0.1, -0.05) is 6.04 Å². The van der Waals surface area contributed by atoms with Crippen LogP contribution in [0.1, 0.15) is 13.3 Å². The number of amides is 2. The molecular weight excluding hydrogens is 172 g/mol. The molecule has 0 saturated carbocycles. The van der Waals surface area contributed by atoms with Gasteiger partial charge < -0.3 is 10.6 Å². The SMILES string of the molecule is CC(=O)NCC(=O)NCCC[SiH3]. The van der Waals surface area contributed by atoms with Crippen LogP contribution in [-0.4, -0.2) is 35.1 Å². The highest BCUT2D eigenvalue weighted by Gasteiger charge is 1.99. The van der Waals surface area contributed by atoms with Gasteiger partial charge in [0.05, 0.1) is 6.54 Å². The highest BCUT2D eigenvalue weighted by Crippen LogP contribution is 1.79. The van der Waals surface area contributed by atoms with Crippen molar-refractivity contribution in [2.75, 3.05) is 13.1 Å². The summed E-state index contributed by atoms with van der Waals surface area (Å²) in [6.07, 6.45) is 1.04. The highest BCUT2D eigenvalue weighted by atomic mass is 28.1. The molecule has 70 valence electrons. The van der Waals surface area contributed by atoms with E-state index in [9.17, 15) is 9.59 Å². The Balaban J connectivity index is 3.28. The standard InChI is InChI=1S/C7H16N2O2Si/c1-6(10)9-5-7(11)8-3-2-4-12/h2-5H2,1,12H3,(H,8,11)(H,9,10). The van der Waals surface area contributed by atoms with Gasteiger partial charge in [0.25, 0.3) is 0 Å². The van der Waals surface area contributed by atoms with Crippen molar-refractivity contribution in [3.63, 3.8) is 0 Å². The third-order valence-corrected chi connectivity index (χ3v) is 2.06. The molecule has 2 N–H and O–H groups in total. The molecule has 0 aromatic heterocycles. The van der Waals surface area contributed by atoms with Crippen LogP contribution in [0.3, 0.4) is 0 Å². The van der Waals surface area contributed by atoms with E-state index < -0.39 is 0 Å². The molecule has 0 aliphatic heterocycles. The minimum Gasteiger partial charge on any atom is -0.355 e. The zero-order valence-corrected chi connectivity index (χ0v) is 9.64. The van der Waals surface area contributed by atoms with Crippen LogP contribution in [0.15, 0.2) is 0 Å². The molecule has 0 fully saturated rings. The van der Waals surface area contributed by atoms with Gasteiger partial charge in [0.15, 0.2) is 0 Å². The summed E-state index contributed by atoms with van der Waals surface area (Å²) in [5, 5.41) is 5.14. The number of hydrogen-bond acceptors (Lipinski definition) is 2. The highest BCUT2D eigenvalue weighted by molar-refractivity contribution is 6.08. The first kappa shape index (κ1) is 11.2. The minimum absolute atomic E-state index is 0.0937. The molecule has 0 radical (unpaired) electrons. The van der Waals surface area contributed by atoms with Crippen LogP contribution in [0.4, 0.5) is 0 Å². The lowest BCUT2D eigenvalue weighted by atomic mass is 10.4. The first-order valence-electron chi connectivity index (χ1n) is 4.18. The summed E-state index contributed by atoms with van der Waals surface area (Å²) in [7, 11) is 1.18. The largest absolute Gasteiger partial charge is 0.355 e. The van der Waals surface area contributed by atoms with Crippen molar-refractivity contribution in [3.05, 3.63) is 0 Å². The van der Waals surface area contributed by atoms with E-state index in [0.29, 0.717) is 0 Å². The maximum absolute atomic E-state index is 10.9. The van der Waals surface area contributed by atoms with E-state index in [4.69, 9.17) is 0 Å². The number of carbonyl (C=O) groups excluding carboxylic acids is 2. The van der Waals surface area contributed by atoms with E-state index in [1.165, 1.54) is 23.2 Å². The molecule has 0 aliphatic carbocycles. The summed E-state index contributed by atoms with van der Waals surface area (Å²) >= 11 is 0. The van der Waals surface area contributed by atoms with Gasteiger partial charge in [-0.05, 0) is 6.42 Å². The summed E-state index contributed by atoms with van der Waals surface area (Å²) in [6, 6.07) is 1.19. The van der Waals surface area contributed by atoms with Crippen LogP contribution in [-0.2, 0) is 9.59 Å². The Bertz CT molecular complexity index is 161. The molecule has 0 unspecified atom stereocenters. The van der Waals surface area contributed by atoms with Gasteiger partial charge in [0.2, 0.25) is 11.8 Å². The van der Waals surface area contributed by atoms with Crippen LogP contribution in [0, 0.1) is 0 Å². The fraction of sp³-hybridized carbons (Fsp3) is 0.714. The van der Waals surface area contributed by atoms with Crippen molar-refractivity contribution in [1.29, 1.82) is 0 Å². The summed E-state index contributed by atoms with van der Waals surface area (Å²) in [6.45, 7) is 2.21. The van der Waals surface area contributed by atoms with E-state index in [1.807, 2.05) is 0 Å². The quantitative estimate of drug-likeness (QED) is 0.404. The summed E-state index contributed by atoms with van der Waals surface area (Å²) < 4.78 is 0. The molecule has 0 aliphatic rings. The summed E-state index contributed by atoms with van der Waals surface area (Å²) in [5.41, 5.74) is 0. The predicted molar refractivity (Wildman–Crippen MR) is 51.1 cm³/mol. The Morgan fingerprint density at radius 3 is 2.50 bits per heavy atom. The van der Waals surface area contributed by atoms with Crippen molar-refractivity contribution < 1.29 is 9.59 Å². The number of carbonyl (C=O) groups is 2. The van der Waals surface area contributed by atoms with Gasteiger partial charge >= 0.3 is 0 Å². The van der Waals surface area contributed by atoms with Crippen LogP contribution in [0.5, 0.6) is 0 Å². The summed E-state index contributed by atoms with van der Waals surface area (Å²) in [5.74, 6) is -0.284. The van der Waals surface area contributed by atoms with Crippen molar-refractivity contribution in [3.8, 4) is 0 Å². The van der Waals surface area contributed by atoms with E-state index in [1.54, 1.807) is 0 Å². The maximum atomic E-state index is 10.9. The predicted octanol–water partition coefficient (Wildman–Crippen LogP) is -1.59. The molecule has 0 bridgehead atoms. The van der Waals surface area contributed by atoms with Gasteiger partial charge in [-0.25, -0.2) is 0 Å². The van der Waals surface area contributed by atoms with Gasteiger partial charge in [-0.2, -0.15) is 0 Å². The molecule has 0 atom stereocenters. The second kappa shape index (κ2) is 6.84. The van der Waals surface area contributed by atoms with E-state index in [-0.39, 0.29) is 18.4 Å². The van der Waals surface area contributed by atoms with Crippen molar-refractivity contribution in [2.24, 2.45) is 0 Å². The molecule has 0 aromatic rings. The van der Waals surface area contributed by atoms with E-state index >= 15 is 0 Å². The number of hydrogen-bond donors (Lipinski definition) is 2. The van der Waals surface area contributed by atoms with Gasteiger partial charge in [0, 0.05) is 23.7 Å². The Morgan fingerprint density at radius 2 is 2.00 bits per heavy atom. The third kappa shape index (κ3) is 7.27. The molecule has 0 rings (SSSR count). The van der Waals surface area contributed by atoms with Crippen molar-refractivity contribution in [1.82, 2.24) is 10.6 Å². The molecule has 12 heavy (non-hydrogen) atoms. The zero-order valence-electron chi connectivity index (χ0n) is 7.64. The Kier molecular flexibility index (Phi) is 6.36. The smallest absolute Gasteiger partial charge is 0.239 e. The Hall–Kier alpha value is -0.843. The second-order valence-electron chi connectivity index (χ2n) is 2.61. The first-order chi connectivity index (χ1) is 5.66. The lowest BCUT2D eigenvalue weighted by Crippen LogP contribution is -2.36. The van der Waals surface area contributed by atoms with Gasteiger partial charge in [-0.3, -0.25) is 9.59 Å². The molecule has 0 saturated heterocycles. The molecular formula is C7H16N2O2Si. The number of rotatable bonds is 5. The van der Waals surface area contributed by atoms with Crippen LogP contribution < -0.4 is 10.6 Å². The molecule has 0 aromatic carbocycles. The second-order valence-corrected chi connectivity index (χ2v) is 3.61. The topological polar surface area (TPSA) is 58.2 Å². The van der Waals surface area contributed by atoms with E-state index in [2.05, 4.69) is 10.6 Å². The molecule has 5 heteroatoms. The van der Waals surface area contributed by atoms with Crippen molar-refractivity contribution in [2.45, 2.75) is 19.4 Å². The fourth-order valence-corrected chi connectivity index (χ4v) is 1.03. The maximum Gasteiger partial charge on any atom is 0.239 e. The molecule has 0 heterocycles. The monoisotopic (exact) mass is 188 g/mol. The number of nitrogens with one attached hydrogen (secondary N) is 2. The third-order valence-electron chi connectivity index (χ3n) is 1.35. The first-order valence-corrected chi connectivity index (χ1v) is 5.59.